The van der Waals surface area contributed by atoms with E-state index in [1.807, 2.05) is 11.9 Å². The molecular formula is C42H55NO17. The van der Waals surface area contributed by atoms with Crippen LogP contribution in [0.5, 0.6) is 11.5 Å². The predicted molar refractivity (Wildman–Crippen MR) is 205 cm³/mol. The molecule has 2 aliphatic carbocycles. The quantitative estimate of drug-likeness (QED) is 0.190. The van der Waals surface area contributed by atoms with Gasteiger partial charge in [-0.2, -0.15) is 0 Å². The van der Waals surface area contributed by atoms with Crippen molar-refractivity contribution in [2.24, 2.45) is 0 Å². The Hall–Kier alpha value is -5.23. The van der Waals surface area contributed by atoms with Crippen LogP contribution in [0.2, 0.25) is 0 Å². The van der Waals surface area contributed by atoms with Crippen LogP contribution in [0.15, 0.2) is 24.0 Å². The molecule has 1 fully saturated rings. The van der Waals surface area contributed by atoms with Crippen molar-refractivity contribution in [3.63, 3.8) is 0 Å². The van der Waals surface area contributed by atoms with Gasteiger partial charge in [-0.3, -0.25) is 14.4 Å². The summed E-state index contributed by atoms with van der Waals surface area (Å²) in [6.45, 7) is 16.7. The lowest BCUT2D eigenvalue weighted by molar-refractivity contribution is -0.198. The zero-order chi connectivity index (χ0) is 44.9. The first-order chi connectivity index (χ1) is 27.5. The number of esters is 6. The molecule has 4 aliphatic rings. The molecule has 1 N–H and O–H groups in total. The lowest BCUT2D eigenvalue weighted by Gasteiger charge is -2.61. The van der Waals surface area contributed by atoms with Crippen molar-refractivity contribution in [3.8, 4) is 11.5 Å². The van der Waals surface area contributed by atoms with Crippen LogP contribution in [0.3, 0.4) is 0 Å². The van der Waals surface area contributed by atoms with Gasteiger partial charge >= 0.3 is 42.0 Å². The van der Waals surface area contributed by atoms with Crippen LogP contribution in [0.4, 0.5) is 4.79 Å². The van der Waals surface area contributed by atoms with Crippen molar-refractivity contribution in [2.45, 2.75) is 160 Å². The second-order valence-corrected chi connectivity index (χ2v) is 18.4. The highest BCUT2D eigenvalue weighted by Gasteiger charge is 2.72. The van der Waals surface area contributed by atoms with Gasteiger partial charge in [0.15, 0.2) is 17.6 Å². The number of ether oxygens (including phenoxy) is 9. The summed E-state index contributed by atoms with van der Waals surface area (Å²) < 4.78 is 50.0. The normalized spacial score (nSPS) is 24.4. The molecule has 0 amide bonds. The van der Waals surface area contributed by atoms with E-state index in [9.17, 15) is 38.7 Å². The van der Waals surface area contributed by atoms with Crippen molar-refractivity contribution in [1.82, 2.24) is 4.90 Å². The maximum Gasteiger partial charge on any atom is 0.514 e. The smallest absolute Gasteiger partial charge is 0.477 e. The van der Waals surface area contributed by atoms with E-state index in [-0.39, 0.29) is 23.7 Å². The van der Waals surface area contributed by atoms with E-state index >= 15 is 0 Å². The average molecular weight is 846 g/mol. The van der Waals surface area contributed by atoms with Crippen LogP contribution in [0.1, 0.15) is 107 Å². The van der Waals surface area contributed by atoms with E-state index < -0.39 is 107 Å². The summed E-state index contributed by atoms with van der Waals surface area (Å²) in [6, 6.07) is 2.93. The first kappa shape index (κ1) is 45.8. The largest absolute Gasteiger partial charge is 0.514 e. The Morgan fingerprint density at radius 1 is 0.800 bits per heavy atom. The molecule has 7 atom stereocenters. The number of hydrogen-bond acceptors (Lipinski definition) is 18. The van der Waals surface area contributed by atoms with Gasteiger partial charge in [0.25, 0.3) is 0 Å². The second kappa shape index (κ2) is 16.3. The molecule has 1 saturated heterocycles. The SMILES string of the molecule is CC(=O)O[C@@H](C(=O)OC1=CC[C@@]2(O)[C@H]3Cc4ccc(OC(=O)OC(C)(C)C)c5c4[C@@]2(CCN3C)[C@H]1O5)[C@@H](OC(C)=O)C(=O)OC(CC(=O)OC(C)(C)C)C(=O)OC(C)(C)C. The van der Waals surface area contributed by atoms with Crippen LogP contribution >= 0.6 is 0 Å². The summed E-state index contributed by atoms with van der Waals surface area (Å²) in [7, 11) is 1.89. The van der Waals surface area contributed by atoms with Crippen LogP contribution in [-0.2, 0) is 73.8 Å². The maximum absolute atomic E-state index is 14.3. The van der Waals surface area contributed by atoms with E-state index in [0.717, 1.165) is 19.4 Å². The summed E-state index contributed by atoms with van der Waals surface area (Å²) in [5, 5.41) is 12.7. The molecule has 2 bridgehead atoms. The lowest BCUT2D eigenvalue weighted by atomic mass is 9.50. The highest BCUT2D eigenvalue weighted by Crippen LogP contribution is 2.65. The molecule has 330 valence electrons. The monoisotopic (exact) mass is 845 g/mol. The van der Waals surface area contributed by atoms with Crippen molar-refractivity contribution >= 4 is 42.0 Å². The minimum Gasteiger partial charge on any atom is -0.477 e. The highest BCUT2D eigenvalue weighted by atomic mass is 16.7. The Morgan fingerprint density at radius 2 is 1.38 bits per heavy atom. The van der Waals surface area contributed by atoms with Crippen LogP contribution in [0.25, 0.3) is 0 Å². The highest BCUT2D eigenvalue weighted by molar-refractivity contribution is 5.91. The molecule has 60 heavy (non-hydrogen) atoms. The standard InChI is InChI=1S/C42H55NO17/c1-21(44)52-31(32(53-22(2)45)36(49)55-26(34(47)59-39(6,7)8)20-28(46)58-38(3,4)5)35(48)54-25-15-16-42(51)27-19-23-13-14-24(56-37(50)60-40(9,10)11)30-29(23)41(42,33(25)57-30)17-18-43(27)12/h13-15,26-27,31-33,51H,16-20H2,1-12H3/t26?,27-,31-,32-,33+,41+,42-/m1/s1. The van der Waals surface area contributed by atoms with Gasteiger partial charge in [-0.15, -0.1) is 0 Å². The molecule has 5 rings (SSSR count). The summed E-state index contributed by atoms with van der Waals surface area (Å²) in [4.78, 5) is 94.1. The zero-order valence-electron chi connectivity index (χ0n) is 36.1. The zero-order valence-corrected chi connectivity index (χ0v) is 36.1. The first-order valence-corrected chi connectivity index (χ1v) is 19.6. The number of nitrogens with zero attached hydrogens (tertiary/aromatic N) is 1. The number of aliphatic hydroxyl groups is 1. The maximum atomic E-state index is 14.3. The summed E-state index contributed by atoms with van der Waals surface area (Å²) >= 11 is 0. The lowest BCUT2D eigenvalue weighted by Crippen LogP contribution is -2.74. The van der Waals surface area contributed by atoms with Gasteiger partial charge in [-0.05, 0) is 106 Å². The van der Waals surface area contributed by atoms with E-state index in [0.29, 0.717) is 24.9 Å². The van der Waals surface area contributed by atoms with Gasteiger partial charge in [0.1, 0.15) is 22.6 Å². The second-order valence-electron chi connectivity index (χ2n) is 18.4. The Morgan fingerprint density at radius 3 is 1.95 bits per heavy atom. The number of carbonyl (C=O) groups is 7. The average Bonchev–Trinajstić information content (AvgIpc) is 3.43. The molecule has 0 radical (unpaired) electrons. The van der Waals surface area contributed by atoms with Crippen molar-refractivity contribution in [3.05, 3.63) is 35.1 Å². The van der Waals surface area contributed by atoms with Gasteiger partial charge in [0.2, 0.25) is 18.3 Å². The Kier molecular flexibility index (Phi) is 12.5. The van der Waals surface area contributed by atoms with E-state index in [2.05, 4.69) is 0 Å². The molecule has 0 saturated carbocycles. The van der Waals surface area contributed by atoms with Crippen LogP contribution in [-0.4, -0.2) is 118 Å². The fourth-order valence-corrected chi connectivity index (χ4v) is 8.15. The third-order valence-electron chi connectivity index (χ3n) is 10.2. The number of benzene rings is 1. The fraction of sp³-hybridized carbons (Fsp3) is 0.643. The Balaban J connectivity index is 1.50. The van der Waals surface area contributed by atoms with E-state index in [1.54, 1.807) is 53.7 Å². The number of piperidine rings is 1. The van der Waals surface area contributed by atoms with Gasteiger partial charge in [-0.1, -0.05) is 6.07 Å². The number of hydrogen-bond donors (Lipinski definition) is 1. The molecule has 0 aromatic heterocycles. The van der Waals surface area contributed by atoms with Gasteiger partial charge in [-0.25, -0.2) is 19.2 Å². The molecule has 2 aliphatic heterocycles. The van der Waals surface area contributed by atoms with Crippen LogP contribution < -0.4 is 9.47 Å². The fourth-order valence-electron chi connectivity index (χ4n) is 8.15. The number of likely N-dealkylation sites (N-methyl/N-ethyl adjacent to an activating group) is 1. The van der Waals surface area contributed by atoms with E-state index in [1.165, 1.54) is 26.8 Å². The van der Waals surface area contributed by atoms with Crippen LogP contribution in [0, 0.1) is 0 Å². The number of rotatable bonds is 11. The molecule has 1 spiro atoms. The summed E-state index contributed by atoms with van der Waals surface area (Å²) in [6.07, 6.45) is -7.61. The molecule has 1 aromatic rings. The van der Waals surface area contributed by atoms with Gasteiger partial charge in [0, 0.05) is 31.9 Å². The molecule has 18 nitrogen and oxygen atoms in total. The summed E-state index contributed by atoms with van der Waals surface area (Å²) in [5.41, 5.74) is -4.33. The van der Waals surface area contributed by atoms with Crippen molar-refractivity contribution in [1.29, 1.82) is 0 Å². The Bertz CT molecular complexity index is 1970. The molecule has 2 heterocycles. The number of carbonyl (C=O) groups excluding carboxylic acids is 7. The first-order valence-electron chi connectivity index (χ1n) is 19.6. The summed E-state index contributed by atoms with van der Waals surface area (Å²) in [5.74, 6) is -7.35. The molecule has 18 heteroatoms. The topological polar surface area (TPSA) is 226 Å². The molecule has 1 aromatic carbocycles. The minimum atomic E-state index is -2.37. The third-order valence-corrected chi connectivity index (χ3v) is 10.2. The van der Waals surface area contributed by atoms with E-state index in [4.69, 9.17) is 42.6 Å². The van der Waals surface area contributed by atoms with Crippen molar-refractivity contribution < 1.29 is 81.3 Å². The van der Waals surface area contributed by atoms with Crippen molar-refractivity contribution in [2.75, 3.05) is 13.6 Å². The number of likely N-dealkylation sites (tertiary alicyclic amines) is 1. The molecule has 1 unspecified atom stereocenters. The minimum absolute atomic E-state index is 0.00133. The van der Waals surface area contributed by atoms with Gasteiger partial charge < -0.3 is 52.6 Å². The molecular weight excluding hydrogens is 790 g/mol. The van der Waals surface area contributed by atoms with Gasteiger partial charge in [0.05, 0.1) is 17.4 Å². The predicted octanol–water partition coefficient (Wildman–Crippen LogP) is 3.67. The third kappa shape index (κ3) is 9.54. The Labute approximate surface area is 348 Å².